The SMILES string of the molecule is CN(C)CC/C=C/C(=O)Nc1cccc(N2CCC(NC(=O)c3[nH]ncc3NC(=O)c3c(Cl)cccc3Cl)CC2)c1.O=C(O)C(F)(F)F. The van der Waals surface area contributed by atoms with E-state index in [1.54, 1.807) is 24.3 Å². The van der Waals surface area contributed by atoms with Gasteiger partial charge in [-0.1, -0.05) is 41.4 Å². The average molecular weight is 713 g/mol. The first-order valence-corrected chi connectivity index (χ1v) is 15.3. The number of carboxylic acid groups (broad SMARTS) is 1. The molecule has 3 amide bonds. The molecule has 17 heteroatoms. The second-order valence-corrected chi connectivity index (χ2v) is 11.6. The number of aliphatic carboxylic acids is 1. The summed E-state index contributed by atoms with van der Waals surface area (Å²) in [6.45, 7) is 2.34. The Labute approximate surface area is 284 Å². The minimum atomic E-state index is -5.08. The largest absolute Gasteiger partial charge is 0.490 e. The van der Waals surface area contributed by atoms with Gasteiger partial charge in [-0.2, -0.15) is 18.3 Å². The number of carboxylic acids is 1. The molecule has 1 aliphatic rings. The monoisotopic (exact) mass is 711 g/mol. The summed E-state index contributed by atoms with van der Waals surface area (Å²) in [6, 6.07) is 12.5. The van der Waals surface area contributed by atoms with Crippen molar-refractivity contribution in [3.05, 3.63) is 82.1 Å². The van der Waals surface area contributed by atoms with Crippen molar-refractivity contribution in [3.8, 4) is 0 Å². The molecule has 0 unspecified atom stereocenters. The van der Waals surface area contributed by atoms with E-state index in [0.717, 1.165) is 50.3 Å². The second kappa shape index (κ2) is 17.5. The van der Waals surface area contributed by atoms with E-state index in [4.69, 9.17) is 33.1 Å². The van der Waals surface area contributed by atoms with E-state index in [1.807, 2.05) is 44.4 Å². The van der Waals surface area contributed by atoms with Gasteiger partial charge in [0, 0.05) is 37.1 Å². The quantitative estimate of drug-likeness (QED) is 0.174. The van der Waals surface area contributed by atoms with Gasteiger partial charge in [-0.15, -0.1) is 0 Å². The number of benzene rings is 2. The molecule has 48 heavy (non-hydrogen) atoms. The number of piperidine rings is 1. The Kier molecular flexibility index (Phi) is 13.8. The van der Waals surface area contributed by atoms with Gasteiger partial charge in [0.25, 0.3) is 11.8 Å². The molecule has 1 aliphatic heterocycles. The van der Waals surface area contributed by atoms with Crippen LogP contribution in [0.4, 0.5) is 30.2 Å². The van der Waals surface area contributed by atoms with Crippen molar-refractivity contribution < 1.29 is 37.5 Å². The summed E-state index contributed by atoms with van der Waals surface area (Å²) in [5, 5.41) is 22.7. The lowest BCUT2D eigenvalue weighted by molar-refractivity contribution is -0.192. The van der Waals surface area contributed by atoms with Gasteiger partial charge in [0.05, 0.1) is 27.5 Å². The smallest absolute Gasteiger partial charge is 0.475 e. The highest BCUT2D eigenvalue weighted by Crippen LogP contribution is 2.27. The molecule has 0 spiro atoms. The van der Waals surface area contributed by atoms with Crippen LogP contribution >= 0.6 is 23.2 Å². The van der Waals surface area contributed by atoms with Crippen molar-refractivity contribution in [1.82, 2.24) is 20.4 Å². The van der Waals surface area contributed by atoms with E-state index in [-0.39, 0.29) is 44.8 Å². The lowest BCUT2D eigenvalue weighted by Crippen LogP contribution is -2.45. The number of halogens is 5. The fraction of sp³-hybridized carbons (Fsp3) is 0.323. The van der Waals surface area contributed by atoms with Crippen molar-refractivity contribution >= 4 is 64.0 Å². The van der Waals surface area contributed by atoms with Crippen LogP contribution in [0.25, 0.3) is 0 Å². The molecule has 3 aromatic rings. The third-order valence-electron chi connectivity index (χ3n) is 6.87. The van der Waals surface area contributed by atoms with E-state index >= 15 is 0 Å². The molecule has 258 valence electrons. The number of aromatic nitrogens is 2. The summed E-state index contributed by atoms with van der Waals surface area (Å²) in [4.78, 5) is 51.2. The molecule has 0 saturated carbocycles. The number of nitrogens with one attached hydrogen (secondary N) is 4. The molecule has 1 fully saturated rings. The van der Waals surface area contributed by atoms with E-state index in [2.05, 4.69) is 35.9 Å². The van der Waals surface area contributed by atoms with Crippen LogP contribution < -0.4 is 20.9 Å². The number of hydrogen-bond acceptors (Lipinski definition) is 7. The number of anilines is 3. The van der Waals surface area contributed by atoms with E-state index < -0.39 is 18.1 Å². The number of carbonyl (C=O) groups is 4. The van der Waals surface area contributed by atoms with Crippen molar-refractivity contribution in [2.24, 2.45) is 0 Å². The molecule has 0 radical (unpaired) electrons. The fourth-order valence-corrected chi connectivity index (χ4v) is 5.05. The molecular weight excluding hydrogens is 678 g/mol. The first kappa shape index (κ1) is 37.9. The standard InChI is InChI=1S/C29H33Cl2N7O3.C2HF3O2/c1-37(2)14-4-3-11-25(39)33-20-7-5-8-21(17-20)38-15-12-19(13-16-38)34-29(41)27-24(18-32-36-27)35-28(40)26-22(30)9-6-10-23(26)31;3-2(4,5)1(6)7/h3,5-11,17-19H,4,12-16H2,1-2H3,(H,32,36)(H,33,39)(H,34,41)(H,35,40);(H,6,7)/b11-3+;. The van der Waals surface area contributed by atoms with Gasteiger partial charge in [0.2, 0.25) is 5.91 Å². The van der Waals surface area contributed by atoms with Crippen LogP contribution in [0.2, 0.25) is 10.0 Å². The topological polar surface area (TPSA) is 160 Å². The van der Waals surface area contributed by atoms with Gasteiger partial charge in [0.1, 0.15) is 5.69 Å². The Bertz CT molecular complexity index is 1600. The number of H-pyrrole nitrogens is 1. The maximum absolute atomic E-state index is 13.0. The molecule has 0 atom stereocenters. The highest BCUT2D eigenvalue weighted by atomic mass is 35.5. The molecule has 12 nitrogen and oxygen atoms in total. The summed E-state index contributed by atoms with van der Waals surface area (Å²) in [5.74, 6) is -3.83. The predicted molar refractivity (Wildman–Crippen MR) is 177 cm³/mol. The van der Waals surface area contributed by atoms with Crippen LogP contribution in [0.3, 0.4) is 0 Å². The zero-order chi connectivity index (χ0) is 35.4. The van der Waals surface area contributed by atoms with E-state index in [9.17, 15) is 27.6 Å². The summed E-state index contributed by atoms with van der Waals surface area (Å²) in [6.07, 6.45) is 1.97. The Balaban J connectivity index is 0.000000804. The molecule has 4 rings (SSSR count). The lowest BCUT2D eigenvalue weighted by atomic mass is 10.0. The fourth-order valence-electron chi connectivity index (χ4n) is 4.48. The van der Waals surface area contributed by atoms with Gasteiger partial charge >= 0.3 is 12.1 Å². The second-order valence-electron chi connectivity index (χ2n) is 10.8. The molecule has 2 aromatic carbocycles. The van der Waals surface area contributed by atoms with Crippen LogP contribution in [-0.4, -0.2) is 89.8 Å². The Morgan fingerprint density at radius 1 is 1.04 bits per heavy atom. The number of hydrogen-bond donors (Lipinski definition) is 5. The van der Waals surface area contributed by atoms with Gasteiger partial charge < -0.3 is 30.9 Å². The molecule has 2 heterocycles. The van der Waals surface area contributed by atoms with Crippen molar-refractivity contribution in [1.29, 1.82) is 0 Å². The minimum absolute atomic E-state index is 0.0567. The minimum Gasteiger partial charge on any atom is -0.475 e. The van der Waals surface area contributed by atoms with Gasteiger partial charge in [-0.25, -0.2) is 4.79 Å². The Hall–Kier alpha value is -4.60. The van der Waals surface area contributed by atoms with Gasteiger partial charge in [-0.3, -0.25) is 19.5 Å². The molecule has 5 N–H and O–H groups in total. The predicted octanol–water partition coefficient (Wildman–Crippen LogP) is 5.45. The van der Waals surface area contributed by atoms with Crippen LogP contribution in [0, 0.1) is 0 Å². The van der Waals surface area contributed by atoms with Crippen LogP contribution in [0.1, 0.15) is 40.1 Å². The normalized spacial score (nSPS) is 13.5. The summed E-state index contributed by atoms with van der Waals surface area (Å²) >= 11 is 12.3. The zero-order valence-electron chi connectivity index (χ0n) is 25.9. The summed E-state index contributed by atoms with van der Waals surface area (Å²) < 4.78 is 31.7. The maximum atomic E-state index is 13.0. The number of alkyl halides is 3. The molecule has 0 aliphatic carbocycles. The molecule has 0 bridgehead atoms. The number of amides is 3. The highest BCUT2D eigenvalue weighted by molar-refractivity contribution is 6.40. The molecule has 1 saturated heterocycles. The zero-order valence-corrected chi connectivity index (χ0v) is 27.4. The number of nitrogens with zero attached hydrogens (tertiary/aromatic N) is 3. The number of carbonyl (C=O) groups excluding carboxylic acids is 3. The first-order valence-electron chi connectivity index (χ1n) is 14.5. The maximum Gasteiger partial charge on any atom is 0.490 e. The Morgan fingerprint density at radius 2 is 1.67 bits per heavy atom. The summed E-state index contributed by atoms with van der Waals surface area (Å²) in [5.41, 5.74) is 2.22. The van der Waals surface area contributed by atoms with Crippen LogP contribution in [0.15, 0.2) is 60.8 Å². The van der Waals surface area contributed by atoms with Crippen molar-refractivity contribution in [3.63, 3.8) is 0 Å². The first-order chi connectivity index (χ1) is 22.6. The lowest BCUT2D eigenvalue weighted by Gasteiger charge is -2.34. The average Bonchev–Trinajstić information content (AvgIpc) is 3.48. The third-order valence-corrected chi connectivity index (χ3v) is 7.50. The molecular formula is C31H34Cl2F3N7O5. The van der Waals surface area contributed by atoms with Crippen molar-refractivity contribution in [2.45, 2.75) is 31.5 Å². The third kappa shape index (κ3) is 11.6. The number of rotatable bonds is 10. The summed E-state index contributed by atoms with van der Waals surface area (Å²) in [7, 11) is 3.99. The molecule has 1 aromatic heterocycles. The van der Waals surface area contributed by atoms with Crippen LogP contribution in [0.5, 0.6) is 0 Å². The van der Waals surface area contributed by atoms with E-state index in [1.165, 1.54) is 6.20 Å². The van der Waals surface area contributed by atoms with Crippen LogP contribution in [-0.2, 0) is 9.59 Å². The van der Waals surface area contributed by atoms with Gasteiger partial charge in [0.15, 0.2) is 0 Å². The Morgan fingerprint density at radius 3 is 2.27 bits per heavy atom. The van der Waals surface area contributed by atoms with E-state index in [0.29, 0.717) is 0 Å². The van der Waals surface area contributed by atoms with Crippen molar-refractivity contribution in [2.75, 3.05) is 49.3 Å². The number of aromatic amines is 1. The van der Waals surface area contributed by atoms with Gasteiger partial charge in [-0.05, 0) is 69.8 Å². The highest BCUT2D eigenvalue weighted by Gasteiger charge is 2.38.